The maximum Gasteiger partial charge on any atom is 0.300 e. The number of ether oxygens (including phenoxy) is 1. The van der Waals surface area contributed by atoms with E-state index in [4.69, 9.17) is 4.74 Å². The Kier molecular flexibility index (Phi) is 3.84. The van der Waals surface area contributed by atoms with Gasteiger partial charge in [-0.15, -0.1) is 0 Å². The minimum atomic E-state index is -0.377. The predicted molar refractivity (Wildman–Crippen MR) is 72.7 cm³/mol. The minimum Gasteiger partial charge on any atom is -0.495 e. The SMILES string of the molecule is CC#CC(=O)Nc1cc(-c2ncc[nH]2)ccc1OC. The van der Waals surface area contributed by atoms with Crippen molar-refractivity contribution in [3.8, 4) is 29.0 Å². The summed E-state index contributed by atoms with van der Waals surface area (Å²) in [6.07, 6.45) is 3.40. The van der Waals surface area contributed by atoms with Gasteiger partial charge in [0.05, 0.1) is 12.8 Å². The number of benzene rings is 1. The number of carbonyl (C=O) groups is 1. The van der Waals surface area contributed by atoms with Crippen LogP contribution in [0, 0.1) is 11.8 Å². The smallest absolute Gasteiger partial charge is 0.300 e. The number of rotatable bonds is 3. The van der Waals surface area contributed by atoms with Gasteiger partial charge < -0.3 is 15.0 Å². The molecule has 1 amide bonds. The van der Waals surface area contributed by atoms with Crippen molar-refractivity contribution in [3.63, 3.8) is 0 Å². The molecular weight excluding hydrogens is 242 g/mol. The molecule has 1 aromatic heterocycles. The summed E-state index contributed by atoms with van der Waals surface area (Å²) in [5.74, 6) is 5.88. The standard InChI is InChI=1S/C14H13N3O2/c1-3-4-13(18)17-11-9-10(5-6-12(11)19-2)14-15-7-8-16-14/h5-9H,1-2H3,(H,15,16)(H,17,18). The Morgan fingerprint density at radius 1 is 1.47 bits per heavy atom. The number of nitrogens with one attached hydrogen (secondary N) is 2. The molecule has 96 valence electrons. The predicted octanol–water partition coefficient (Wildman–Crippen LogP) is 2.05. The monoisotopic (exact) mass is 255 g/mol. The number of amides is 1. The van der Waals surface area contributed by atoms with E-state index in [0.717, 1.165) is 11.4 Å². The fourth-order valence-electron chi connectivity index (χ4n) is 1.64. The van der Waals surface area contributed by atoms with Crippen LogP contribution in [0.2, 0.25) is 0 Å². The molecule has 0 fully saturated rings. The average molecular weight is 255 g/mol. The molecule has 5 heteroatoms. The molecule has 0 unspecified atom stereocenters. The number of hydrogen-bond donors (Lipinski definition) is 2. The lowest BCUT2D eigenvalue weighted by molar-refractivity contribution is -0.111. The van der Waals surface area contributed by atoms with Gasteiger partial charge in [0, 0.05) is 18.0 Å². The molecule has 0 spiro atoms. The Bertz CT molecular complexity index is 636. The number of imidazole rings is 1. The van der Waals surface area contributed by atoms with E-state index in [0.29, 0.717) is 11.4 Å². The molecular formula is C14H13N3O2. The van der Waals surface area contributed by atoms with Crippen molar-refractivity contribution in [2.24, 2.45) is 0 Å². The summed E-state index contributed by atoms with van der Waals surface area (Å²) in [5, 5.41) is 2.69. The van der Waals surface area contributed by atoms with Gasteiger partial charge in [0.15, 0.2) is 0 Å². The van der Waals surface area contributed by atoms with Crippen molar-refractivity contribution >= 4 is 11.6 Å². The largest absolute Gasteiger partial charge is 0.495 e. The van der Waals surface area contributed by atoms with Crippen LogP contribution in [0.15, 0.2) is 30.6 Å². The molecule has 2 aromatic rings. The molecule has 0 aliphatic carbocycles. The summed E-state index contributed by atoms with van der Waals surface area (Å²) in [7, 11) is 1.54. The average Bonchev–Trinajstić information content (AvgIpc) is 2.93. The summed E-state index contributed by atoms with van der Waals surface area (Å²) in [5.41, 5.74) is 1.41. The highest BCUT2D eigenvalue weighted by atomic mass is 16.5. The van der Waals surface area contributed by atoms with Crippen molar-refractivity contribution < 1.29 is 9.53 Å². The molecule has 0 saturated carbocycles. The van der Waals surface area contributed by atoms with Crippen LogP contribution in [0.3, 0.4) is 0 Å². The lowest BCUT2D eigenvalue weighted by Gasteiger charge is -2.09. The molecule has 0 bridgehead atoms. The highest BCUT2D eigenvalue weighted by Crippen LogP contribution is 2.29. The Hall–Kier alpha value is -2.74. The first-order valence-corrected chi connectivity index (χ1v) is 5.66. The van der Waals surface area contributed by atoms with Gasteiger partial charge in [-0.05, 0) is 31.0 Å². The van der Waals surface area contributed by atoms with Crippen LogP contribution >= 0.6 is 0 Å². The van der Waals surface area contributed by atoms with E-state index in [1.54, 1.807) is 38.6 Å². The van der Waals surface area contributed by atoms with E-state index in [1.165, 1.54) is 0 Å². The van der Waals surface area contributed by atoms with Gasteiger partial charge in [0.2, 0.25) is 0 Å². The number of aromatic amines is 1. The zero-order chi connectivity index (χ0) is 13.7. The van der Waals surface area contributed by atoms with Crippen molar-refractivity contribution in [3.05, 3.63) is 30.6 Å². The Balaban J connectivity index is 2.36. The van der Waals surface area contributed by atoms with Crippen molar-refractivity contribution in [1.29, 1.82) is 0 Å². The van der Waals surface area contributed by atoms with Gasteiger partial charge in [-0.2, -0.15) is 0 Å². The number of methoxy groups -OCH3 is 1. The van der Waals surface area contributed by atoms with Crippen LogP contribution in [0.25, 0.3) is 11.4 Å². The first-order valence-electron chi connectivity index (χ1n) is 5.66. The number of carbonyl (C=O) groups excluding carboxylic acids is 1. The summed E-state index contributed by atoms with van der Waals surface area (Å²) >= 11 is 0. The zero-order valence-electron chi connectivity index (χ0n) is 10.7. The van der Waals surface area contributed by atoms with Crippen LogP contribution in [-0.2, 0) is 4.79 Å². The minimum absolute atomic E-state index is 0.377. The third-order valence-electron chi connectivity index (χ3n) is 2.46. The van der Waals surface area contributed by atoms with Gasteiger partial charge in [-0.3, -0.25) is 4.79 Å². The first-order chi connectivity index (χ1) is 9.24. The molecule has 1 aromatic carbocycles. The summed E-state index contributed by atoms with van der Waals surface area (Å²) in [4.78, 5) is 18.7. The van der Waals surface area contributed by atoms with E-state index in [1.807, 2.05) is 6.07 Å². The number of hydrogen-bond acceptors (Lipinski definition) is 3. The normalized spacial score (nSPS) is 9.37. The zero-order valence-corrected chi connectivity index (χ0v) is 10.7. The second-order valence-electron chi connectivity index (χ2n) is 3.68. The quantitative estimate of drug-likeness (QED) is 0.825. The third-order valence-corrected chi connectivity index (χ3v) is 2.46. The molecule has 2 N–H and O–H groups in total. The Morgan fingerprint density at radius 2 is 2.32 bits per heavy atom. The van der Waals surface area contributed by atoms with Crippen molar-refractivity contribution in [1.82, 2.24) is 9.97 Å². The molecule has 0 atom stereocenters. The topological polar surface area (TPSA) is 67.0 Å². The Labute approximate surface area is 111 Å². The van der Waals surface area contributed by atoms with Crippen molar-refractivity contribution in [2.45, 2.75) is 6.92 Å². The van der Waals surface area contributed by atoms with Gasteiger partial charge in [-0.1, -0.05) is 5.92 Å². The highest BCUT2D eigenvalue weighted by Gasteiger charge is 2.09. The number of anilines is 1. The lowest BCUT2D eigenvalue weighted by Crippen LogP contribution is -2.09. The van der Waals surface area contributed by atoms with Gasteiger partial charge in [0.25, 0.3) is 5.91 Å². The van der Waals surface area contributed by atoms with Gasteiger partial charge in [0.1, 0.15) is 11.6 Å². The Morgan fingerprint density at radius 3 is 2.95 bits per heavy atom. The molecule has 2 rings (SSSR count). The molecule has 0 aliphatic heterocycles. The lowest BCUT2D eigenvalue weighted by atomic mass is 10.1. The van der Waals surface area contributed by atoms with Crippen LogP contribution < -0.4 is 10.1 Å². The number of H-pyrrole nitrogens is 1. The van der Waals surface area contributed by atoms with E-state index in [9.17, 15) is 4.79 Å². The molecule has 19 heavy (non-hydrogen) atoms. The number of nitrogens with zero attached hydrogens (tertiary/aromatic N) is 1. The van der Waals surface area contributed by atoms with Gasteiger partial charge in [-0.25, -0.2) is 4.98 Å². The van der Waals surface area contributed by atoms with Gasteiger partial charge >= 0.3 is 0 Å². The molecule has 5 nitrogen and oxygen atoms in total. The van der Waals surface area contributed by atoms with Crippen LogP contribution in [0.1, 0.15) is 6.92 Å². The third kappa shape index (κ3) is 2.93. The first kappa shape index (κ1) is 12.7. The van der Waals surface area contributed by atoms with E-state index in [2.05, 4.69) is 27.1 Å². The maximum absolute atomic E-state index is 11.5. The van der Waals surface area contributed by atoms with Crippen LogP contribution in [0.4, 0.5) is 5.69 Å². The van der Waals surface area contributed by atoms with Crippen molar-refractivity contribution in [2.75, 3.05) is 12.4 Å². The second-order valence-corrected chi connectivity index (χ2v) is 3.68. The van der Waals surface area contributed by atoms with E-state index in [-0.39, 0.29) is 5.91 Å². The molecule has 0 aliphatic rings. The fourth-order valence-corrected chi connectivity index (χ4v) is 1.64. The summed E-state index contributed by atoms with van der Waals surface area (Å²) in [6.45, 7) is 1.61. The highest BCUT2D eigenvalue weighted by molar-refractivity contribution is 6.05. The van der Waals surface area contributed by atoms with Crippen LogP contribution in [-0.4, -0.2) is 23.0 Å². The van der Waals surface area contributed by atoms with E-state index < -0.39 is 0 Å². The summed E-state index contributed by atoms with van der Waals surface area (Å²) < 4.78 is 5.20. The molecule has 1 heterocycles. The summed E-state index contributed by atoms with van der Waals surface area (Å²) in [6, 6.07) is 5.42. The molecule has 0 saturated heterocycles. The van der Waals surface area contributed by atoms with E-state index >= 15 is 0 Å². The second kappa shape index (κ2) is 5.74. The fraction of sp³-hybridized carbons (Fsp3) is 0.143. The van der Waals surface area contributed by atoms with Crippen LogP contribution in [0.5, 0.6) is 5.75 Å². The number of aromatic nitrogens is 2. The maximum atomic E-state index is 11.5. The molecule has 0 radical (unpaired) electrons.